The van der Waals surface area contributed by atoms with Gasteiger partial charge in [-0.1, -0.05) is 13.8 Å². The van der Waals surface area contributed by atoms with Crippen molar-refractivity contribution in [2.75, 3.05) is 13.1 Å². The highest BCUT2D eigenvalue weighted by Gasteiger charge is 2.29. The van der Waals surface area contributed by atoms with Crippen molar-refractivity contribution in [3.63, 3.8) is 0 Å². The first-order valence-electron chi connectivity index (χ1n) is 5.68. The normalized spacial score (nSPS) is 26.1. The molecular weight excluding hydrogens is 194 g/mol. The molecule has 0 aromatic rings. The largest absolute Gasteiger partial charge is 0.479 e. The minimum atomic E-state index is -0.834. The molecule has 4 nitrogen and oxygen atoms in total. The maximum absolute atomic E-state index is 10.6. The Morgan fingerprint density at radius 2 is 2.27 bits per heavy atom. The fourth-order valence-corrected chi connectivity index (χ4v) is 1.69. The van der Waals surface area contributed by atoms with Crippen molar-refractivity contribution in [2.24, 2.45) is 5.92 Å². The van der Waals surface area contributed by atoms with Gasteiger partial charge in [0.25, 0.3) is 0 Å². The molecule has 4 heteroatoms. The van der Waals surface area contributed by atoms with E-state index in [1.165, 1.54) is 0 Å². The fraction of sp³-hybridized carbons (Fsp3) is 0.909. The molecule has 2 N–H and O–H groups in total. The molecule has 1 heterocycles. The monoisotopic (exact) mass is 215 g/mol. The van der Waals surface area contributed by atoms with Gasteiger partial charge in [0.1, 0.15) is 0 Å². The molecule has 0 spiro atoms. The van der Waals surface area contributed by atoms with E-state index in [-0.39, 0.29) is 6.10 Å². The molecule has 0 aromatic carbocycles. The van der Waals surface area contributed by atoms with Crippen LogP contribution in [-0.4, -0.2) is 36.4 Å². The summed E-state index contributed by atoms with van der Waals surface area (Å²) in [4.78, 5) is 10.6. The number of carbonyl (C=O) groups is 1. The molecule has 2 atom stereocenters. The molecule has 88 valence electrons. The van der Waals surface area contributed by atoms with Crippen molar-refractivity contribution in [2.45, 2.75) is 45.3 Å². The van der Waals surface area contributed by atoms with Gasteiger partial charge in [-0.15, -0.1) is 0 Å². The van der Waals surface area contributed by atoms with Crippen LogP contribution in [0.2, 0.25) is 0 Å². The van der Waals surface area contributed by atoms with Crippen molar-refractivity contribution in [1.29, 1.82) is 0 Å². The Morgan fingerprint density at radius 3 is 2.80 bits per heavy atom. The molecule has 15 heavy (non-hydrogen) atoms. The van der Waals surface area contributed by atoms with Gasteiger partial charge in [0, 0.05) is 6.54 Å². The van der Waals surface area contributed by atoms with E-state index in [0.717, 1.165) is 25.9 Å². The van der Waals surface area contributed by atoms with E-state index in [0.29, 0.717) is 12.3 Å². The van der Waals surface area contributed by atoms with Crippen molar-refractivity contribution >= 4 is 5.97 Å². The quantitative estimate of drug-likeness (QED) is 0.655. The standard InChI is InChI=1S/C11H21NO3/c1-8(2)5-6-12-7-9-3-4-10(15-9)11(13)14/h8-10,12H,3-7H2,1-2H3,(H,13,14). The van der Waals surface area contributed by atoms with Crippen LogP contribution >= 0.6 is 0 Å². The van der Waals surface area contributed by atoms with E-state index in [2.05, 4.69) is 19.2 Å². The predicted molar refractivity (Wildman–Crippen MR) is 57.9 cm³/mol. The van der Waals surface area contributed by atoms with Gasteiger partial charge in [-0.3, -0.25) is 0 Å². The summed E-state index contributed by atoms with van der Waals surface area (Å²) >= 11 is 0. The van der Waals surface area contributed by atoms with Crippen LogP contribution in [0.4, 0.5) is 0 Å². The van der Waals surface area contributed by atoms with Crippen LogP contribution in [0.15, 0.2) is 0 Å². The van der Waals surface area contributed by atoms with E-state index in [9.17, 15) is 4.79 Å². The summed E-state index contributed by atoms with van der Waals surface area (Å²) in [5.41, 5.74) is 0. The molecule has 0 saturated carbocycles. The summed E-state index contributed by atoms with van der Waals surface area (Å²) in [6.45, 7) is 6.13. The van der Waals surface area contributed by atoms with Gasteiger partial charge >= 0.3 is 5.97 Å². The molecule has 0 aromatic heterocycles. The molecule has 0 aliphatic carbocycles. The first-order chi connectivity index (χ1) is 7.09. The minimum absolute atomic E-state index is 0.0817. The highest BCUT2D eigenvalue weighted by Crippen LogP contribution is 2.19. The summed E-state index contributed by atoms with van der Waals surface area (Å²) in [5.74, 6) is -0.131. The van der Waals surface area contributed by atoms with E-state index in [1.807, 2.05) is 0 Å². The minimum Gasteiger partial charge on any atom is -0.479 e. The number of ether oxygens (including phenoxy) is 1. The van der Waals surface area contributed by atoms with Crippen LogP contribution < -0.4 is 5.32 Å². The zero-order valence-electron chi connectivity index (χ0n) is 9.53. The molecule has 1 aliphatic heterocycles. The summed E-state index contributed by atoms with van der Waals surface area (Å²) in [5, 5.41) is 12.0. The van der Waals surface area contributed by atoms with Crippen LogP contribution in [0.3, 0.4) is 0 Å². The summed E-state index contributed by atoms with van der Waals surface area (Å²) < 4.78 is 5.37. The summed E-state index contributed by atoms with van der Waals surface area (Å²) in [6.07, 6.45) is 2.15. The molecule has 2 unspecified atom stereocenters. The van der Waals surface area contributed by atoms with Crippen LogP contribution in [0.25, 0.3) is 0 Å². The van der Waals surface area contributed by atoms with Gasteiger partial charge in [0.2, 0.25) is 0 Å². The average molecular weight is 215 g/mol. The molecule has 0 radical (unpaired) electrons. The van der Waals surface area contributed by atoms with Crippen LogP contribution in [0, 0.1) is 5.92 Å². The number of hydrogen-bond donors (Lipinski definition) is 2. The fourth-order valence-electron chi connectivity index (χ4n) is 1.69. The van der Waals surface area contributed by atoms with Gasteiger partial charge in [-0.25, -0.2) is 4.79 Å². The van der Waals surface area contributed by atoms with Crippen molar-refractivity contribution in [1.82, 2.24) is 5.32 Å². The van der Waals surface area contributed by atoms with Crippen LogP contribution in [0.1, 0.15) is 33.1 Å². The van der Waals surface area contributed by atoms with Gasteiger partial charge in [-0.2, -0.15) is 0 Å². The maximum Gasteiger partial charge on any atom is 0.332 e. The van der Waals surface area contributed by atoms with Crippen molar-refractivity contribution in [3.8, 4) is 0 Å². The second kappa shape index (κ2) is 6.08. The smallest absolute Gasteiger partial charge is 0.332 e. The first-order valence-corrected chi connectivity index (χ1v) is 5.68. The average Bonchev–Trinajstić information content (AvgIpc) is 2.60. The topological polar surface area (TPSA) is 58.6 Å². The Morgan fingerprint density at radius 1 is 1.53 bits per heavy atom. The summed E-state index contributed by atoms with van der Waals surface area (Å²) in [7, 11) is 0. The van der Waals surface area contributed by atoms with Gasteiger partial charge in [0.05, 0.1) is 6.10 Å². The number of rotatable bonds is 6. The second-order valence-electron chi connectivity index (χ2n) is 4.55. The Hall–Kier alpha value is -0.610. The predicted octanol–water partition coefficient (Wildman–Crippen LogP) is 1.25. The lowest BCUT2D eigenvalue weighted by molar-refractivity contribution is -0.149. The Bertz CT molecular complexity index is 206. The third kappa shape index (κ3) is 4.62. The SMILES string of the molecule is CC(C)CCNCC1CCC(C(=O)O)O1. The number of aliphatic carboxylic acids is 1. The van der Waals surface area contributed by atoms with Crippen LogP contribution in [0.5, 0.6) is 0 Å². The lowest BCUT2D eigenvalue weighted by atomic mass is 10.1. The molecule has 1 saturated heterocycles. The van der Waals surface area contributed by atoms with E-state index >= 15 is 0 Å². The number of nitrogens with one attached hydrogen (secondary N) is 1. The Kier molecular flexibility index (Phi) is 5.05. The van der Waals surface area contributed by atoms with E-state index < -0.39 is 12.1 Å². The Balaban J connectivity index is 2.06. The molecule has 1 aliphatic rings. The van der Waals surface area contributed by atoms with Crippen molar-refractivity contribution in [3.05, 3.63) is 0 Å². The number of hydrogen-bond acceptors (Lipinski definition) is 3. The highest BCUT2D eigenvalue weighted by molar-refractivity contribution is 5.72. The maximum atomic E-state index is 10.6. The van der Waals surface area contributed by atoms with Gasteiger partial charge < -0.3 is 15.2 Å². The van der Waals surface area contributed by atoms with E-state index in [4.69, 9.17) is 9.84 Å². The molecule has 1 rings (SSSR count). The first kappa shape index (κ1) is 12.5. The Labute approximate surface area is 91.0 Å². The third-order valence-corrected chi connectivity index (χ3v) is 2.65. The third-order valence-electron chi connectivity index (χ3n) is 2.65. The molecule has 0 amide bonds. The lowest BCUT2D eigenvalue weighted by Crippen LogP contribution is -2.29. The summed E-state index contributed by atoms with van der Waals surface area (Å²) in [6, 6.07) is 0. The lowest BCUT2D eigenvalue weighted by Gasteiger charge is -2.12. The molecule has 0 bridgehead atoms. The van der Waals surface area contributed by atoms with E-state index in [1.54, 1.807) is 0 Å². The van der Waals surface area contributed by atoms with Gasteiger partial charge in [-0.05, 0) is 31.7 Å². The molecular formula is C11H21NO3. The second-order valence-corrected chi connectivity index (χ2v) is 4.55. The zero-order chi connectivity index (χ0) is 11.3. The highest BCUT2D eigenvalue weighted by atomic mass is 16.5. The van der Waals surface area contributed by atoms with Crippen LogP contribution in [-0.2, 0) is 9.53 Å². The molecule has 1 fully saturated rings. The number of carboxylic acids is 1. The zero-order valence-corrected chi connectivity index (χ0v) is 9.53. The number of carboxylic acid groups (broad SMARTS) is 1. The van der Waals surface area contributed by atoms with Gasteiger partial charge in [0.15, 0.2) is 6.10 Å². The van der Waals surface area contributed by atoms with Crippen molar-refractivity contribution < 1.29 is 14.6 Å².